The lowest BCUT2D eigenvalue weighted by Crippen LogP contribution is -2.46. The summed E-state index contributed by atoms with van der Waals surface area (Å²) in [5, 5.41) is 10.8. The van der Waals surface area contributed by atoms with Crippen LogP contribution in [0.4, 0.5) is 5.82 Å². The number of rotatable bonds is 4. The minimum absolute atomic E-state index is 0.0447. The number of nitrogens with one attached hydrogen (secondary N) is 2. The van der Waals surface area contributed by atoms with E-state index in [1.807, 2.05) is 12.3 Å². The Morgan fingerprint density at radius 1 is 1.09 bits per heavy atom. The third-order valence-electron chi connectivity index (χ3n) is 6.43. The lowest BCUT2D eigenvalue weighted by atomic mass is 9.91. The van der Waals surface area contributed by atoms with Crippen molar-refractivity contribution < 1.29 is 4.79 Å². The molecule has 0 aromatic carbocycles. The predicted molar refractivity (Wildman–Crippen MR) is 122 cm³/mol. The lowest BCUT2D eigenvalue weighted by Gasteiger charge is -2.35. The fourth-order valence-corrected chi connectivity index (χ4v) is 4.68. The maximum atomic E-state index is 12.5. The van der Waals surface area contributed by atoms with Crippen LogP contribution < -0.4 is 15.8 Å². The van der Waals surface area contributed by atoms with Crippen molar-refractivity contribution in [2.75, 3.05) is 38.1 Å². The van der Waals surface area contributed by atoms with E-state index in [2.05, 4.69) is 36.4 Å². The first kappa shape index (κ1) is 20.6. The van der Waals surface area contributed by atoms with Crippen LogP contribution in [0.2, 0.25) is 0 Å². The van der Waals surface area contributed by atoms with Gasteiger partial charge in [0.1, 0.15) is 0 Å². The van der Waals surface area contributed by atoms with Gasteiger partial charge in [-0.25, -0.2) is 0 Å². The van der Waals surface area contributed by atoms with Gasteiger partial charge in [-0.15, -0.1) is 10.2 Å². The lowest BCUT2D eigenvalue weighted by molar-refractivity contribution is 0.0957. The molecule has 0 bridgehead atoms. The number of hydrogen-bond acceptors (Lipinski definition) is 7. The van der Waals surface area contributed by atoms with Crippen LogP contribution in [0.25, 0.3) is 11.0 Å². The van der Waals surface area contributed by atoms with Gasteiger partial charge >= 0.3 is 0 Å². The second kappa shape index (κ2) is 8.66. The van der Waals surface area contributed by atoms with E-state index < -0.39 is 0 Å². The van der Waals surface area contributed by atoms with E-state index in [1.165, 1.54) is 0 Å². The molecule has 1 saturated heterocycles. The molecule has 9 heteroatoms. The molecular weight excluding hydrogens is 406 g/mol. The zero-order valence-electron chi connectivity index (χ0n) is 18.2. The molecule has 0 saturated carbocycles. The summed E-state index contributed by atoms with van der Waals surface area (Å²) in [6.07, 6.45) is 5.95. The zero-order valence-corrected chi connectivity index (χ0v) is 18.2. The number of aryl methyl sites for hydroxylation is 1. The number of H-pyrrole nitrogens is 1. The molecule has 0 atom stereocenters. The van der Waals surface area contributed by atoms with Crippen molar-refractivity contribution in [2.45, 2.75) is 32.2 Å². The van der Waals surface area contributed by atoms with Crippen LogP contribution >= 0.6 is 0 Å². The smallest absolute Gasteiger partial charge is 0.271 e. The molecule has 0 spiro atoms. The fraction of sp³-hybridized carbons (Fsp3) is 0.435. The Kier molecular flexibility index (Phi) is 5.57. The first-order valence-electron chi connectivity index (χ1n) is 11.2. The van der Waals surface area contributed by atoms with E-state index in [4.69, 9.17) is 4.98 Å². The average Bonchev–Trinajstić information content (AvgIpc) is 2.84. The Balaban J connectivity index is 1.25. The van der Waals surface area contributed by atoms with Gasteiger partial charge in [0, 0.05) is 51.5 Å². The van der Waals surface area contributed by atoms with E-state index in [0.29, 0.717) is 5.69 Å². The number of carbonyl (C=O) groups is 1. The van der Waals surface area contributed by atoms with Gasteiger partial charge in [0.2, 0.25) is 0 Å². The average molecular weight is 434 g/mol. The minimum Gasteiger partial charge on any atom is -0.354 e. The molecule has 9 nitrogen and oxygen atoms in total. The van der Waals surface area contributed by atoms with E-state index in [9.17, 15) is 9.59 Å². The molecule has 1 amide bonds. The number of piperazine rings is 1. The maximum absolute atomic E-state index is 12.5. The maximum Gasteiger partial charge on any atom is 0.271 e. The summed E-state index contributed by atoms with van der Waals surface area (Å²) in [6, 6.07) is 5.62. The summed E-state index contributed by atoms with van der Waals surface area (Å²) < 4.78 is 0. The van der Waals surface area contributed by atoms with E-state index >= 15 is 0 Å². The van der Waals surface area contributed by atoms with Crippen molar-refractivity contribution in [1.82, 2.24) is 30.4 Å². The molecule has 0 radical (unpaired) electrons. The summed E-state index contributed by atoms with van der Waals surface area (Å²) >= 11 is 0. The van der Waals surface area contributed by atoms with Crippen LogP contribution in [0.3, 0.4) is 0 Å². The fourth-order valence-electron chi connectivity index (χ4n) is 4.68. The van der Waals surface area contributed by atoms with Gasteiger partial charge in [-0.2, -0.15) is 0 Å². The van der Waals surface area contributed by atoms with Gasteiger partial charge in [0.15, 0.2) is 11.5 Å². The molecule has 2 aliphatic rings. The van der Waals surface area contributed by atoms with Crippen LogP contribution in [0, 0.1) is 0 Å². The number of nitrogens with zero attached hydrogens (tertiary/aromatic N) is 5. The van der Waals surface area contributed by atoms with Gasteiger partial charge in [0.25, 0.3) is 11.5 Å². The van der Waals surface area contributed by atoms with Crippen molar-refractivity contribution in [3.63, 3.8) is 0 Å². The van der Waals surface area contributed by atoms with Crippen LogP contribution in [0.1, 0.15) is 40.0 Å². The van der Waals surface area contributed by atoms with Gasteiger partial charge in [0.05, 0.1) is 11.0 Å². The first-order valence-corrected chi connectivity index (χ1v) is 11.2. The third-order valence-corrected chi connectivity index (χ3v) is 6.43. The number of carbonyl (C=O) groups excluding carboxylic acids is 1. The highest BCUT2D eigenvalue weighted by Gasteiger charge is 2.21. The number of aromatic nitrogens is 4. The quantitative estimate of drug-likeness (QED) is 0.638. The molecule has 1 aliphatic heterocycles. The molecule has 1 aliphatic carbocycles. The molecule has 0 unspecified atom stereocenters. The Bertz CT molecular complexity index is 1200. The highest BCUT2D eigenvalue weighted by Crippen LogP contribution is 2.25. The van der Waals surface area contributed by atoms with E-state index in [1.54, 1.807) is 13.1 Å². The van der Waals surface area contributed by atoms with Crippen LogP contribution in [-0.4, -0.2) is 64.2 Å². The molecule has 166 valence electrons. The molecule has 3 aromatic heterocycles. The second-order valence-electron chi connectivity index (χ2n) is 8.48. The van der Waals surface area contributed by atoms with Crippen molar-refractivity contribution >= 4 is 22.8 Å². The molecule has 2 N–H and O–H groups in total. The van der Waals surface area contributed by atoms with Crippen molar-refractivity contribution in [2.24, 2.45) is 0 Å². The molecule has 3 aromatic rings. The van der Waals surface area contributed by atoms with Crippen LogP contribution in [-0.2, 0) is 19.4 Å². The van der Waals surface area contributed by atoms with Crippen molar-refractivity contribution in [1.29, 1.82) is 0 Å². The Morgan fingerprint density at radius 2 is 1.88 bits per heavy atom. The number of amides is 1. The van der Waals surface area contributed by atoms with Gasteiger partial charge < -0.3 is 15.2 Å². The number of pyridine rings is 2. The number of hydrogen-bond donors (Lipinski definition) is 2. The van der Waals surface area contributed by atoms with Gasteiger partial charge in [-0.3, -0.25) is 19.5 Å². The summed E-state index contributed by atoms with van der Waals surface area (Å²) in [4.78, 5) is 36.5. The van der Waals surface area contributed by atoms with Crippen LogP contribution in [0.5, 0.6) is 0 Å². The number of anilines is 1. The van der Waals surface area contributed by atoms with E-state index in [-0.39, 0.29) is 11.5 Å². The summed E-state index contributed by atoms with van der Waals surface area (Å²) in [5.41, 5.74) is 5.32. The normalized spacial score (nSPS) is 16.7. The second-order valence-corrected chi connectivity index (χ2v) is 8.48. The highest BCUT2D eigenvalue weighted by atomic mass is 16.1. The summed E-state index contributed by atoms with van der Waals surface area (Å²) in [7, 11) is 1.58. The Hall–Kier alpha value is -3.33. The topological polar surface area (TPSA) is 107 Å². The standard InChI is InChI=1S/C23H27N7O2/c1-24-23(32)18-6-7-20(28-27-18)30-10-8-29(9-11-30)14-15-12-19-21(25-13-15)16-4-2-3-5-17(16)22(31)26-19/h6-7,12-13H,2-5,8-11,14H2,1H3,(H,24,32)(H,26,31). The monoisotopic (exact) mass is 433 g/mol. The first-order chi connectivity index (χ1) is 15.6. The molecule has 5 rings (SSSR count). The predicted octanol–water partition coefficient (Wildman–Crippen LogP) is 1.27. The van der Waals surface area contributed by atoms with E-state index in [0.717, 1.165) is 91.9 Å². The molecule has 1 fully saturated rings. The largest absolute Gasteiger partial charge is 0.354 e. The SMILES string of the molecule is CNC(=O)c1ccc(N2CCN(Cc3cnc4c5c(c(=O)[nH]c4c3)CCCC5)CC2)nn1. The highest BCUT2D eigenvalue weighted by molar-refractivity contribution is 5.91. The number of aromatic amines is 1. The molecule has 32 heavy (non-hydrogen) atoms. The van der Waals surface area contributed by atoms with Crippen molar-refractivity contribution in [3.05, 3.63) is 57.1 Å². The van der Waals surface area contributed by atoms with Crippen LogP contribution in [0.15, 0.2) is 29.2 Å². The zero-order chi connectivity index (χ0) is 22.1. The third kappa shape index (κ3) is 3.95. The molecular formula is C23H27N7O2. The minimum atomic E-state index is -0.236. The summed E-state index contributed by atoms with van der Waals surface area (Å²) in [6.45, 7) is 4.23. The van der Waals surface area contributed by atoms with Gasteiger partial charge in [-0.05, 0) is 55.0 Å². The Labute approximate surface area is 185 Å². The van der Waals surface area contributed by atoms with Crippen molar-refractivity contribution in [3.8, 4) is 0 Å². The number of fused-ring (bicyclic) bond motifs is 3. The Morgan fingerprint density at radius 3 is 2.59 bits per heavy atom. The van der Waals surface area contributed by atoms with Gasteiger partial charge in [-0.1, -0.05) is 0 Å². The summed E-state index contributed by atoms with van der Waals surface area (Å²) in [5.74, 6) is 0.548. The molecule has 4 heterocycles.